The average Bonchev–Trinajstić information content (AvgIpc) is 2.96. The van der Waals surface area contributed by atoms with Crippen molar-refractivity contribution in [2.75, 3.05) is 29.5 Å². The third kappa shape index (κ3) is 3.82. The van der Waals surface area contributed by atoms with Crippen LogP contribution in [-0.4, -0.2) is 58.4 Å². The molecule has 2 heterocycles. The second kappa shape index (κ2) is 7.61. The molecular formula is C17H18F2N2O4S. The number of benzene rings is 1. The summed E-state index contributed by atoms with van der Waals surface area (Å²) in [4.78, 5) is 38.8. The van der Waals surface area contributed by atoms with E-state index in [0.29, 0.717) is 24.1 Å². The van der Waals surface area contributed by atoms with E-state index < -0.39 is 35.5 Å². The highest BCUT2D eigenvalue weighted by Crippen LogP contribution is 2.30. The van der Waals surface area contributed by atoms with Crippen molar-refractivity contribution >= 4 is 35.2 Å². The number of hydrogen-bond acceptors (Lipinski definition) is 4. The quantitative estimate of drug-likeness (QED) is 0.856. The van der Waals surface area contributed by atoms with Crippen molar-refractivity contribution in [3.63, 3.8) is 0 Å². The molecule has 2 aliphatic rings. The zero-order valence-electron chi connectivity index (χ0n) is 13.9. The highest BCUT2D eigenvalue weighted by Gasteiger charge is 2.40. The standard InChI is InChI=1S/C17H18F2N2O4S/c18-11-1-2-14(13(19)6-11)21-8-10(5-15(21)22)17(25)20-3-4-26-9-12(20)7-16(23)24/h1-2,6,10,12H,3-5,7-9H2,(H,23,24). The number of nitrogens with zero attached hydrogens (tertiary/aromatic N) is 2. The molecule has 140 valence electrons. The van der Waals surface area contributed by atoms with Crippen molar-refractivity contribution < 1.29 is 28.3 Å². The molecule has 0 aromatic heterocycles. The first-order valence-electron chi connectivity index (χ1n) is 8.22. The van der Waals surface area contributed by atoms with Crippen molar-refractivity contribution in [3.05, 3.63) is 29.8 Å². The van der Waals surface area contributed by atoms with Gasteiger partial charge in [0.1, 0.15) is 11.6 Å². The summed E-state index contributed by atoms with van der Waals surface area (Å²) in [6.45, 7) is 0.431. The van der Waals surface area contributed by atoms with Gasteiger partial charge < -0.3 is 14.9 Å². The van der Waals surface area contributed by atoms with Gasteiger partial charge >= 0.3 is 5.97 Å². The van der Waals surface area contributed by atoms with Gasteiger partial charge in [0.15, 0.2) is 0 Å². The molecule has 2 amide bonds. The van der Waals surface area contributed by atoms with Crippen LogP contribution in [0.5, 0.6) is 0 Å². The minimum absolute atomic E-state index is 0.00362. The molecule has 2 unspecified atom stereocenters. The Morgan fingerprint density at radius 1 is 1.31 bits per heavy atom. The number of hydrogen-bond donors (Lipinski definition) is 1. The van der Waals surface area contributed by atoms with Gasteiger partial charge in [-0.15, -0.1) is 0 Å². The largest absolute Gasteiger partial charge is 0.481 e. The van der Waals surface area contributed by atoms with Gasteiger partial charge in [0.2, 0.25) is 11.8 Å². The smallest absolute Gasteiger partial charge is 0.305 e. The first-order chi connectivity index (χ1) is 12.4. The van der Waals surface area contributed by atoms with Gasteiger partial charge in [0.25, 0.3) is 0 Å². The molecule has 3 rings (SSSR count). The van der Waals surface area contributed by atoms with Crippen LogP contribution in [0, 0.1) is 17.6 Å². The number of carboxylic acid groups (broad SMARTS) is 1. The highest BCUT2D eigenvalue weighted by atomic mass is 32.2. The third-order valence-corrected chi connectivity index (χ3v) is 5.69. The van der Waals surface area contributed by atoms with Gasteiger partial charge in [-0.25, -0.2) is 8.78 Å². The van der Waals surface area contributed by atoms with Crippen LogP contribution >= 0.6 is 11.8 Å². The fourth-order valence-electron chi connectivity index (χ4n) is 3.36. The molecule has 2 aliphatic heterocycles. The molecule has 0 aliphatic carbocycles. The van der Waals surface area contributed by atoms with Crippen LogP contribution in [0.2, 0.25) is 0 Å². The number of carbonyl (C=O) groups excluding carboxylic acids is 2. The van der Waals surface area contributed by atoms with E-state index in [-0.39, 0.29) is 31.0 Å². The molecule has 0 bridgehead atoms. The summed E-state index contributed by atoms with van der Waals surface area (Å²) in [5.41, 5.74) is -0.0528. The van der Waals surface area contributed by atoms with E-state index in [1.807, 2.05) is 0 Å². The van der Waals surface area contributed by atoms with Crippen LogP contribution in [0.4, 0.5) is 14.5 Å². The predicted molar refractivity (Wildman–Crippen MR) is 91.9 cm³/mol. The molecule has 2 fully saturated rings. The van der Waals surface area contributed by atoms with Crippen LogP contribution in [0.25, 0.3) is 0 Å². The fourth-order valence-corrected chi connectivity index (χ4v) is 4.42. The number of amides is 2. The summed E-state index contributed by atoms with van der Waals surface area (Å²) >= 11 is 1.59. The molecular weight excluding hydrogens is 366 g/mol. The zero-order chi connectivity index (χ0) is 18.8. The Labute approximate surface area is 153 Å². The second-order valence-corrected chi connectivity index (χ2v) is 7.51. The first kappa shape index (κ1) is 18.6. The topological polar surface area (TPSA) is 77.9 Å². The Bertz CT molecular complexity index is 745. The van der Waals surface area contributed by atoms with Crippen LogP contribution in [0.15, 0.2) is 18.2 Å². The van der Waals surface area contributed by atoms with Crippen molar-refractivity contribution in [1.82, 2.24) is 4.90 Å². The van der Waals surface area contributed by atoms with Crippen LogP contribution < -0.4 is 4.90 Å². The molecule has 1 aromatic rings. The monoisotopic (exact) mass is 384 g/mol. The van der Waals surface area contributed by atoms with Gasteiger partial charge in [-0.3, -0.25) is 14.4 Å². The lowest BCUT2D eigenvalue weighted by atomic mass is 10.0. The molecule has 0 saturated carbocycles. The van der Waals surface area contributed by atoms with Crippen LogP contribution in [-0.2, 0) is 14.4 Å². The van der Waals surface area contributed by atoms with E-state index in [2.05, 4.69) is 0 Å². The normalized spacial score (nSPS) is 23.4. The van der Waals surface area contributed by atoms with E-state index in [9.17, 15) is 23.2 Å². The van der Waals surface area contributed by atoms with Crippen molar-refractivity contribution in [1.29, 1.82) is 0 Å². The van der Waals surface area contributed by atoms with Crippen LogP contribution in [0.1, 0.15) is 12.8 Å². The summed E-state index contributed by atoms with van der Waals surface area (Å²) in [6.07, 6.45) is -0.213. The first-order valence-corrected chi connectivity index (χ1v) is 9.37. The fraction of sp³-hybridized carbons (Fsp3) is 0.471. The van der Waals surface area contributed by atoms with Gasteiger partial charge in [-0.2, -0.15) is 11.8 Å². The Morgan fingerprint density at radius 3 is 2.77 bits per heavy atom. The Kier molecular flexibility index (Phi) is 5.45. The molecule has 9 heteroatoms. The molecule has 6 nitrogen and oxygen atoms in total. The lowest BCUT2D eigenvalue weighted by molar-refractivity contribution is -0.142. The molecule has 1 aromatic carbocycles. The minimum Gasteiger partial charge on any atom is -0.481 e. The Morgan fingerprint density at radius 2 is 2.08 bits per heavy atom. The summed E-state index contributed by atoms with van der Waals surface area (Å²) in [5.74, 6) is -2.69. The van der Waals surface area contributed by atoms with Gasteiger partial charge in [0, 0.05) is 37.1 Å². The van der Waals surface area contributed by atoms with E-state index in [4.69, 9.17) is 5.11 Å². The van der Waals surface area contributed by atoms with Gasteiger partial charge in [0.05, 0.1) is 24.1 Å². The lowest BCUT2D eigenvalue weighted by Gasteiger charge is -2.36. The van der Waals surface area contributed by atoms with Crippen molar-refractivity contribution in [2.24, 2.45) is 5.92 Å². The predicted octanol–water partition coefficient (Wildman–Crippen LogP) is 1.74. The number of carbonyl (C=O) groups is 3. The van der Waals surface area contributed by atoms with Crippen molar-refractivity contribution in [2.45, 2.75) is 18.9 Å². The summed E-state index contributed by atoms with van der Waals surface area (Å²) in [5, 5.41) is 9.03. The van der Waals surface area contributed by atoms with Gasteiger partial charge in [-0.05, 0) is 12.1 Å². The van der Waals surface area contributed by atoms with E-state index in [1.165, 1.54) is 11.0 Å². The van der Waals surface area contributed by atoms with Gasteiger partial charge in [-0.1, -0.05) is 0 Å². The van der Waals surface area contributed by atoms with E-state index in [1.54, 1.807) is 11.8 Å². The lowest BCUT2D eigenvalue weighted by Crippen LogP contribution is -2.49. The number of anilines is 1. The Balaban J connectivity index is 1.74. The molecule has 1 N–H and O–H groups in total. The number of carboxylic acids is 1. The maximum absolute atomic E-state index is 14.0. The van der Waals surface area contributed by atoms with E-state index in [0.717, 1.165) is 11.0 Å². The molecule has 0 radical (unpaired) electrons. The maximum Gasteiger partial charge on any atom is 0.305 e. The number of aliphatic carboxylic acids is 1. The highest BCUT2D eigenvalue weighted by molar-refractivity contribution is 7.99. The summed E-state index contributed by atoms with van der Waals surface area (Å²) in [7, 11) is 0. The molecule has 0 spiro atoms. The third-order valence-electron chi connectivity index (χ3n) is 4.60. The Hall–Kier alpha value is -2.16. The zero-order valence-corrected chi connectivity index (χ0v) is 14.7. The number of rotatable bonds is 4. The summed E-state index contributed by atoms with van der Waals surface area (Å²) < 4.78 is 27.0. The molecule has 26 heavy (non-hydrogen) atoms. The summed E-state index contributed by atoms with van der Waals surface area (Å²) in [6, 6.07) is 2.53. The minimum atomic E-state index is -0.979. The maximum atomic E-state index is 14.0. The van der Waals surface area contributed by atoms with Crippen molar-refractivity contribution in [3.8, 4) is 0 Å². The second-order valence-electron chi connectivity index (χ2n) is 6.36. The van der Waals surface area contributed by atoms with E-state index >= 15 is 0 Å². The average molecular weight is 384 g/mol. The number of halogens is 2. The molecule has 2 atom stereocenters. The number of thioether (sulfide) groups is 1. The SMILES string of the molecule is O=C(O)CC1CSCCN1C(=O)C1CC(=O)N(c2ccc(F)cc2F)C1. The van der Waals surface area contributed by atoms with Crippen LogP contribution in [0.3, 0.4) is 0 Å². The molecule has 2 saturated heterocycles.